The number of thioether (sulfide) groups is 1. The van der Waals surface area contributed by atoms with E-state index < -0.39 is 27.0 Å². The van der Waals surface area contributed by atoms with Crippen molar-refractivity contribution in [1.82, 2.24) is 4.90 Å². The summed E-state index contributed by atoms with van der Waals surface area (Å²) in [6.07, 6.45) is 0. The Morgan fingerprint density at radius 2 is 1.68 bits per heavy atom. The highest BCUT2D eigenvalue weighted by Gasteiger charge is 2.28. The molecule has 0 saturated carbocycles. The molecule has 0 N–H and O–H groups in total. The maximum absolute atomic E-state index is 13.2. The molecule has 7 nitrogen and oxygen atoms in total. The molecule has 102 valence electrons. The van der Waals surface area contributed by atoms with E-state index in [4.69, 9.17) is 12.2 Å². The molecule has 0 spiro atoms. The zero-order valence-corrected chi connectivity index (χ0v) is 11.5. The first-order chi connectivity index (χ1) is 8.73. The van der Waals surface area contributed by atoms with Crippen molar-refractivity contribution in [1.29, 1.82) is 0 Å². The van der Waals surface area contributed by atoms with E-state index in [-0.39, 0.29) is 9.22 Å². The highest BCUT2D eigenvalue weighted by Crippen LogP contribution is 2.39. The molecule has 0 aliphatic heterocycles. The summed E-state index contributed by atoms with van der Waals surface area (Å²) in [7, 11) is 3.19. The van der Waals surface area contributed by atoms with E-state index in [0.29, 0.717) is 23.9 Å². The van der Waals surface area contributed by atoms with Crippen LogP contribution in [0.15, 0.2) is 17.0 Å². The lowest BCUT2D eigenvalue weighted by Crippen LogP contribution is -2.16. The van der Waals surface area contributed by atoms with Crippen molar-refractivity contribution in [2.45, 2.75) is 4.90 Å². The Labute approximate surface area is 116 Å². The fraction of sp³-hybridized carbons (Fsp3) is 0.222. The van der Waals surface area contributed by atoms with Crippen molar-refractivity contribution in [3.8, 4) is 0 Å². The number of hydrogen-bond acceptors (Lipinski definition) is 6. The number of benzene rings is 1. The Kier molecular flexibility index (Phi) is 4.72. The fourth-order valence-electron chi connectivity index (χ4n) is 1.12. The quantitative estimate of drug-likeness (QED) is 0.367. The van der Waals surface area contributed by atoms with Gasteiger partial charge < -0.3 is 4.90 Å². The van der Waals surface area contributed by atoms with Crippen LogP contribution in [0.2, 0.25) is 0 Å². The van der Waals surface area contributed by atoms with E-state index in [9.17, 15) is 24.6 Å². The van der Waals surface area contributed by atoms with E-state index in [2.05, 4.69) is 0 Å². The number of thiocarbonyl (C=S) groups is 1. The van der Waals surface area contributed by atoms with Gasteiger partial charge in [-0.25, -0.2) is 4.39 Å². The third-order valence-electron chi connectivity index (χ3n) is 1.96. The average molecular weight is 305 g/mol. The van der Waals surface area contributed by atoms with Crippen LogP contribution in [0.25, 0.3) is 0 Å². The molecule has 0 aliphatic carbocycles. The van der Waals surface area contributed by atoms with E-state index in [1.54, 1.807) is 14.1 Å². The zero-order valence-electron chi connectivity index (χ0n) is 9.82. The van der Waals surface area contributed by atoms with Crippen molar-refractivity contribution in [3.05, 3.63) is 38.2 Å². The summed E-state index contributed by atoms with van der Waals surface area (Å²) in [5.74, 6) is -1.04. The minimum atomic E-state index is -1.04. The van der Waals surface area contributed by atoms with Gasteiger partial charge in [-0.05, 0) is 11.8 Å². The first-order valence-electron chi connectivity index (χ1n) is 4.75. The highest BCUT2D eigenvalue weighted by molar-refractivity contribution is 8.23. The lowest BCUT2D eigenvalue weighted by Gasteiger charge is -2.12. The average Bonchev–Trinajstić information content (AvgIpc) is 2.29. The third kappa shape index (κ3) is 3.58. The molecule has 1 aromatic rings. The van der Waals surface area contributed by atoms with Gasteiger partial charge in [-0.15, -0.1) is 0 Å². The minimum Gasteiger partial charge on any atom is -0.363 e. The molecular weight excluding hydrogens is 297 g/mol. The second kappa shape index (κ2) is 5.89. The summed E-state index contributed by atoms with van der Waals surface area (Å²) in [6, 6.07) is 1.27. The van der Waals surface area contributed by atoms with Gasteiger partial charge in [0.05, 0.1) is 22.0 Å². The summed E-state index contributed by atoms with van der Waals surface area (Å²) >= 11 is 5.61. The summed E-state index contributed by atoms with van der Waals surface area (Å²) < 4.78 is 13.4. The molecule has 0 unspecified atom stereocenters. The van der Waals surface area contributed by atoms with E-state index in [0.717, 1.165) is 0 Å². The summed E-state index contributed by atoms with van der Waals surface area (Å²) in [5.41, 5.74) is -1.36. The lowest BCUT2D eigenvalue weighted by molar-refractivity contribution is -0.399. The number of rotatable bonds is 3. The number of nitrogens with zero attached hydrogens (tertiary/aromatic N) is 3. The zero-order chi connectivity index (χ0) is 14.7. The van der Waals surface area contributed by atoms with Gasteiger partial charge in [-0.1, -0.05) is 12.2 Å². The predicted octanol–water partition coefficient (Wildman–Crippen LogP) is 2.58. The fourth-order valence-corrected chi connectivity index (χ4v) is 2.20. The minimum absolute atomic E-state index is 0.192. The molecule has 0 radical (unpaired) electrons. The number of hydrogen-bond donors (Lipinski definition) is 0. The Morgan fingerprint density at radius 3 is 2.00 bits per heavy atom. The molecule has 10 heteroatoms. The summed E-state index contributed by atoms with van der Waals surface area (Å²) in [6.45, 7) is 0. The molecule has 0 fully saturated rings. The van der Waals surface area contributed by atoms with Gasteiger partial charge in [0.1, 0.15) is 10.1 Å². The van der Waals surface area contributed by atoms with Crippen LogP contribution >= 0.6 is 24.0 Å². The van der Waals surface area contributed by atoms with Gasteiger partial charge in [-0.2, -0.15) is 0 Å². The first kappa shape index (κ1) is 15.2. The normalized spacial score (nSPS) is 10.1. The predicted molar refractivity (Wildman–Crippen MR) is 71.9 cm³/mol. The smallest absolute Gasteiger partial charge is 0.293 e. The van der Waals surface area contributed by atoms with Gasteiger partial charge in [0.25, 0.3) is 11.4 Å². The second-order valence-corrected chi connectivity index (χ2v) is 5.19. The van der Waals surface area contributed by atoms with Crippen molar-refractivity contribution < 1.29 is 14.2 Å². The van der Waals surface area contributed by atoms with Crippen LogP contribution in [0.4, 0.5) is 15.8 Å². The monoisotopic (exact) mass is 305 g/mol. The molecule has 0 aliphatic rings. The Hall–Kier alpha value is -1.81. The molecule has 1 aromatic carbocycles. The van der Waals surface area contributed by atoms with Gasteiger partial charge in [-0.3, -0.25) is 20.2 Å². The number of nitro benzene ring substituents is 2. The van der Waals surface area contributed by atoms with Crippen LogP contribution in [0.5, 0.6) is 0 Å². The molecule has 19 heavy (non-hydrogen) atoms. The van der Waals surface area contributed by atoms with E-state index >= 15 is 0 Å². The van der Waals surface area contributed by atoms with Gasteiger partial charge in [0, 0.05) is 14.1 Å². The van der Waals surface area contributed by atoms with Crippen LogP contribution in [0.1, 0.15) is 0 Å². The van der Waals surface area contributed by atoms with Crippen molar-refractivity contribution >= 4 is 39.7 Å². The van der Waals surface area contributed by atoms with Crippen molar-refractivity contribution in [3.63, 3.8) is 0 Å². The van der Waals surface area contributed by atoms with Crippen LogP contribution in [-0.2, 0) is 0 Å². The van der Waals surface area contributed by atoms with Crippen molar-refractivity contribution in [2.24, 2.45) is 0 Å². The van der Waals surface area contributed by atoms with Crippen LogP contribution in [-0.4, -0.2) is 33.2 Å². The molecule has 1 rings (SSSR count). The number of nitro groups is 2. The Morgan fingerprint density at radius 1 is 1.26 bits per heavy atom. The van der Waals surface area contributed by atoms with Gasteiger partial charge >= 0.3 is 0 Å². The largest absolute Gasteiger partial charge is 0.363 e. The molecule has 0 amide bonds. The second-order valence-electron chi connectivity index (χ2n) is 3.55. The SMILES string of the molecule is CN(C)C(=S)Sc1c([N+](=O)[O-])cc(F)cc1[N+](=O)[O-]. The van der Waals surface area contributed by atoms with Crippen molar-refractivity contribution in [2.75, 3.05) is 14.1 Å². The van der Waals surface area contributed by atoms with E-state index in [1.165, 1.54) is 4.90 Å². The van der Waals surface area contributed by atoms with Gasteiger partial charge in [0.15, 0.2) is 4.90 Å². The Balaban J connectivity index is 3.43. The van der Waals surface area contributed by atoms with Gasteiger partial charge in [0.2, 0.25) is 0 Å². The standard InChI is InChI=1S/C9H8FN3O4S2/c1-11(2)9(18)19-8-6(12(14)15)3-5(10)4-7(8)13(16)17/h3-4H,1-2H3. The van der Waals surface area contributed by atoms with E-state index in [1.807, 2.05) is 0 Å². The molecule has 0 aromatic heterocycles. The molecule has 0 atom stereocenters. The topological polar surface area (TPSA) is 89.5 Å². The Bertz CT molecular complexity index is 529. The molecule has 0 saturated heterocycles. The van der Waals surface area contributed by atoms with Crippen LogP contribution in [0.3, 0.4) is 0 Å². The lowest BCUT2D eigenvalue weighted by atomic mass is 10.2. The third-order valence-corrected chi connectivity index (χ3v) is 3.74. The maximum Gasteiger partial charge on any atom is 0.293 e. The first-order valence-corrected chi connectivity index (χ1v) is 5.98. The molecule has 0 bridgehead atoms. The molecular formula is C9H8FN3O4S2. The summed E-state index contributed by atoms with van der Waals surface area (Å²) in [4.78, 5) is 21.1. The van der Waals surface area contributed by atoms with Crippen LogP contribution < -0.4 is 0 Å². The molecule has 0 heterocycles. The number of halogens is 1. The maximum atomic E-state index is 13.2. The van der Waals surface area contributed by atoms with Crippen LogP contribution in [0, 0.1) is 26.0 Å². The highest BCUT2D eigenvalue weighted by atomic mass is 32.2. The summed E-state index contributed by atoms with van der Waals surface area (Å²) in [5, 5.41) is 21.7.